The maximum atomic E-state index is 15.0. The highest BCUT2D eigenvalue weighted by atomic mass is 32.2. The van der Waals surface area contributed by atoms with Crippen molar-refractivity contribution >= 4 is 34.2 Å². The molecule has 2 bridgehead atoms. The van der Waals surface area contributed by atoms with Crippen LogP contribution in [-0.2, 0) is 20.3 Å². The number of nitrogens with one attached hydrogen (secondary N) is 1. The van der Waals surface area contributed by atoms with E-state index >= 15 is 0 Å². The fourth-order valence-corrected chi connectivity index (χ4v) is 6.08. The number of ether oxygens (including phenoxy) is 1. The first-order chi connectivity index (χ1) is 14.0. The van der Waals surface area contributed by atoms with Crippen molar-refractivity contribution in [3.8, 4) is 0 Å². The number of fused-ring (bicyclic) bond motifs is 2. The van der Waals surface area contributed by atoms with E-state index < -0.39 is 23.0 Å². The van der Waals surface area contributed by atoms with Gasteiger partial charge in [0.2, 0.25) is 5.91 Å². The van der Waals surface area contributed by atoms with Gasteiger partial charge in [-0.05, 0) is 37.5 Å². The van der Waals surface area contributed by atoms with Crippen molar-refractivity contribution < 1.29 is 22.9 Å². The standard InChI is InChI=1S/C20H26FN3O4S/c1-2-3-19(25)22-9-16-10-23(20(26)28-16)13-6-7-18(17(21)8-13)24-14-4-5-15(24)12-29(27)11-14/h6-8,14-16H,2-5,9-12H2,1H3,(H,22,25). The van der Waals surface area contributed by atoms with E-state index in [1.165, 1.54) is 11.0 Å². The van der Waals surface area contributed by atoms with Gasteiger partial charge in [0.1, 0.15) is 11.9 Å². The first-order valence-electron chi connectivity index (χ1n) is 10.1. The average molecular weight is 424 g/mol. The molecule has 1 aromatic rings. The number of amides is 2. The van der Waals surface area contributed by atoms with Crippen LogP contribution in [0.15, 0.2) is 18.2 Å². The highest BCUT2D eigenvalue weighted by molar-refractivity contribution is 7.85. The molecule has 3 saturated heterocycles. The second kappa shape index (κ2) is 8.30. The summed E-state index contributed by atoms with van der Waals surface area (Å²) in [6, 6.07) is 5.02. The predicted octanol–water partition coefficient (Wildman–Crippen LogP) is 2.17. The van der Waals surface area contributed by atoms with Gasteiger partial charge in [-0.2, -0.15) is 0 Å². The Morgan fingerprint density at radius 2 is 2.03 bits per heavy atom. The Labute approximate surface area is 172 Å². The molecule has 9 heteroatoms. The van der Waals surface area contributed by atoms with Crippen LogP contribution in [-0.4, -0.2) is 59.0 Å². The van der Waals surface area contributed by atoms with Gasteiger partial charge in [0, 0.05) is 40.8 Å². The largest absolute Gasteiger partial charge is 0.442 e. The summed E-state index contributed by atoms with van der Waals surface area (Å²) >= 11 is 0. The highest BCUT2D eigenvalue weighted by Crippen LogP contribution is 2.37. The fourth-order valence-electron chi connectivity index (χ4n) is 4.43. The molecule has 3 heterocycles. The first-order valence-corrected chi connectivity index (χ1v) is 11.6. The Morgan fingerprint density at radius 3 is 2.69 bits per heavy atom. The molecule has 0 radical (unpaired) electrons. The van der Waals surface area contributed by atoms with Crippen molar-refractivity contribution in [2.45, 2.75) is 50.8 Å². The average Bonchev–Trinajstić information content (AvgIpc) is 3.17. The zero-order valence-electron chi connectivity index (χ0n) is 16.4. The van der Waals surface area contributed by atoms with E-state index in [0.29, 0.717) is 29.3 Å². The minimum atomic E-state index is -0.825. The number of hydrogen-bond acceptors (Lipinski definition) is 5. The minimum absolute atomic E-state index is 0.0745. The second-order valence-corrected chi connectivity index (χ2v) is 9.42. The van der Waals surface area contributed by atoms with Gasteiger partial charge in [0.25, 0.3) is 0 Å². The lowest BCUT2D eigenvalue weighted by molar-refractivity contribution is -0.121. The summed E-state index contributed by atoms with van der Waals surface area (Å²) in [4.78, 5) is 27.3. The molecule has 3 unspecified atom stereocenters. The predicted molar refractivity (Wildman–Crippen MR) is 109 cm³/mol. The van der Waals surface area contributed by atoms with Gasteiger partial charge in [0.05, 0.1) is 24.5 Å². The number of hydrogen-bond donors (Lipinski definition) is 1. The third-order valence-corrected chi connectivity index (χ3v) is 7.29. The monoisotopic (exact) mass is 423 g/mol. The number of nitrogens with zero attached hydrogens (tertiary/aromatic N) is 2. The van der Waals surface area contributed by atoms with E-state index in [9.17, 15) is 18.2 Å². The summed E-state index contributed by atoms with van der Waals surface area (Å²) < 4.78 is 32.2. The van der Waals surface area contributed by atoms with Crippen molar-refractivity contribution in [2.75, 3.05) is 34.4 Å². The Hall–Kier alpha value is -2.16. The molecule has 0 saturated carbocycles. The molecule has 3 fully saturated rings. The van der Waals surface area contributed by atoms with E-state index in [2.05, 4.69) is 10.2 Å². The maximum Gasteiger partial charge on any atom is 0.414 e. The third kappa shape index (κ3) is 4.10. The Kier molecular flexibility index (Phi) is 5.76. The van der Waals surface area contributed by atoms with Gasteiger partial charge >= 0.3 is 6.09 Å². The van der Waals surface area contributed by atoms with Crippen LogP contribution < -0.4 is 15.1 Å². The smallest absolute Gasteiger partial charge is 0.414 e. The van der Waals surface area contributed by atoms with Crippen LogP contribution in [0, 0.1) is 5.82 Å². The highest BCUT2D eigenvalue weighted by Gasteiger charge is 2.41. The molecule has 158 valence electrons. The van der Waals surface area contributed by atoms with Crippen LogP contribution in [0.25, 0.3) is 0 Å². The van der Waals surface area contributed by atoms with Crippen LogP contribution >= 0.6 is 0 Å². The van der Waals surface area contributed by atoms with Crippen LogP contribution in [0.1, 0.15) is 32.6 Å². The third-order valence-electron chi connectivity index (χ3n) is 5.78. The van der Waals surface area contributed by atoms with Gasteiger partial charge in [-0.25, -0.2) is 9.18 Å². The molecule has 2 amide bonds. The van der Waals surface area contributed by atoms with Crippen molar-refractivity contribution in [1.29, 1.82) is 0 Å². The molecular formula is C20H26FN3O4S. The van der Waals surface area contributed by atoms with Gasteiger partial charge in [-0.3, -0.25) is 13.9 Å². The van der Waals surface area contributed by atoms with E-state index in [1.54, 1.807) is 12.1 Å². The van der Waals surface area contributed by atoms with Crippen molar-refractivity contribution in [3.05, 3.63) is 24.0 Å². The van der Waals surface area contributed by atoms with Crippen LogP contribution in [0.4, 0.5) is 20.6 Å². The molecule has 0 spiro atoms. The van der Waals surface area contributed by atoms with Crippen LogP contribution in [0.2, 0.25) is 0 Å². The summed E-state index contributed by atoms with van der Waals surface area (Å²) in [5.41, 5.74) is 0.945. The van der Waals surface area contributed by atoms with Crippen molar-refractivity contribution in [2.24, 2.45) is 0 Å². The van der Waals surface area contributed by atoms with Crippen molar-refractivity contribution in [3.63, 3.8) is 0 Å². The number of carbonyl (C=O) groups is 2. The SMILES string of the molecule is CCCC(=O)NCC1CN(c2ccc(N3C4CCC3CS(=O)C4)c(F)c2)C(=O)O1. The van der Waals surface area contributed by atoms with Crippen LogP contribution in [0.3, 0.4) is 0 Å². The molecule has 0 aliphatic carbocycles. The molecule has 3 atom stereocenters. The fraction of sp³-hybridized carbons (Fsp3) is 0.600. The zero-order valence-corrected chi connectivity index (χ0v) is 17.3. The lowest BCUT2D eigenvalue weighted by Crippen LogP contribution is -2.47. The Morgan fingerprint density at radius 1 is 1.31 bits per heavy atom. The number of benzene rings is 1. The van der Waals surface area contributed by atoms with E-state index in [1.807, 2.05) is 6.92 Å². The summed E-state index contributed by atoms with van der Waals surface area (Å²) in [6.07, 6.45) is 2.05. The lowest BCUT2D eigenvalue weighted by atomic mass is 10.2. The number of halogens is 1. The maximum absolute atomic E-state index is 15.0. The van der Waals surface area contributed by atoms with E-state index in [-0.39, 0.29) is 36.9 Å². The van der Waals surface area contributed by atoms with Crippen LogP contribution in [0.5, 0.6) is 0 Å². The molecule has 0 aromatic heterocycles. The second-order valence-electron chi connectivity index (χ2n) is 7.87. The molecule has 7 nitrogen and oxygen atoms in total. The molecule has 1 N–H and O–H groups in total. The van der Waals surface area contributed by atoms with Gasteiger partial charge in [-0.1, -0.05) is 6.92 Å². The van der Waals surface area contributed by atoms with Gasteiger partial charge in [0.15, 0.2) is 0 Å². The molecule has 4 rings (SSSR count). The summed E-state index contributed by atoms with van der Waals surface area (Å²) in [6.45, 7) is 2.43. The molecule has 3 aliphatic rings. The number of carbonyl (C=O) groups excluding carboxylic acids is 2. The van der Waals surface area contributed by atoms with E-state index in [4.69, 9.17) is 4.74 Å². The summed E-state index contributed by atoms with van der Waals surface area (Å²) in [7, 11) is -0.825. The summed E-state index contributed by atoms with van der Waals surface area (Å²) in [5, 5.41) is 2.75. The first kappa shape index (κ1) is 20.1. The van der Waals surface area contributed by atoms with E-state index in [0.717, 1.165) is 19.3 Å². The normalized spacial score (nSPS) is 28.6. The molecule has 1 aromatic carbocycles. The quantitative estimate of drug-likeness (QED) is 0.759. The Balaban J connectivity index is 1.44. The Bertz CT molecular complexity index is 820. The number of anilines is 2. The zero-order chi connectivity index (χ0) is 20.5. The van der Waals surface area contributed by atoms with Gasteiger partial charge in [-0.15, -0.1) is 0 Å². The van der Waals surface area contributed by atoms with Gasteiger partial charge < -0.3 is 15.0 Å². The minimum Gasteiger partial charge on any atom is -0.442 e. The topological polar surface area (TPSA) is 79.0 Å². The molecule has 3 aliphatic heterocycles. The molecular weight excluding hydrogens is 397 g/mol. The number of cyclic esters (lactones) is 1. The number of rotatable bonds is 6. The van der Waals surface area contributed by atoms with Crippen molar-refractivity contribution in [1.82, 2.24) is 5.32 Å². The molecule has 29 heavy (non-hydrogen) atoms. The summed E-state index contributed by atoms with van der Waals surface area (Å²) in [5.74, 6) is 0.706. The lowest BCUT2D eigenvalue weighted by Gasteiger charge is -2.36.